The maximum absolute atomic E-state index is 11.1. The van der Waals surface area contributed by atoms with E-state index in [0.29, 0.717) is 5.69 Å². The van der Waals surface area contributed by atoms with Crippen LogP contribution in [0.5, 0.6) is 11.6 Å². The van der Waals surface area contributed by atoms with Gasteiger partial charge in [-0.2, -0.15) is 0 Å². The maximum Gasteiger partial charge on any atom is 0.326 e. The normalized spacial score (nSPS) is 14.9. The summed E-state index contributed by atoms with van der Waals surface area (Å²) in [4.78, 5) is 20.1. The summed E-state index contributed by atoms with van der Waals surface area (Å²) >= 11 is 0. The molecule has 2 heterocycles. The molecule has 0 amide bonds. The molecule has 0 fully saturated rings. The second-order valence-corrected chi connectivity index (χ2v) is 4.08. The first-order chi connectivity index (χ1) is 9.17. The number of aromatic nitrogens is 2. The summed E-state index contributed by atoms with van der Waals surface area (Å²) in [5, 5.41) is 9.54. The molecule has 0 unspecified atom stereocenters. The second-order valence-electron chi connectivity index (χ2n) is 4.08. The Hall–Kier alpha value is -2.76. The van der Waals surface area contributed by atoms with Crippen molar-refractivity contribution in [2.45, 2.75) is 0 Å². The minimum Gasteiger partial charge on any atom is -0.497 e. The van der Waals surface area contributed by atoms with Crippen LogP contribution in [0.25, 0.3) is 11.6 Å². The van der Waals surface area contributed by atoms with Crippen molar-refractivity contribution < 1.29 is 9.84 Å². The van der Waals surface area contributed by atoms with Crippen molar-refractivity contribution >= 4 is 23.6 Å². The van der Waals surface area contributed by atoms with Crippen LogP contribution >= 0.6 is 0 Å². The second kappa shape index (κ2) is 4.16. The summed E-state index contributed by atoms with van der Waals surface area (Å²) in [6, 6.07) is 5.54. The molecule has 6 heteroatoms. The highest BCUT2D eigenvalue weighted by Crippen LogP contribution is 2.35. The molecule has 0 spiro atoms. The number of benzene rings is 1. The molecule has 2 aromatic rings. The molecule has 0 saturated heterocycles. The van der Waals surface area contributed by atoms with Gasteiger partial charge in [-0.3, -0.25) is 9.98 Å². The Bertz CT molecular complexity index is 753. The van der Waals surface area contributed by atoms with Crippen molar-refractivity contribution in [3.05, 3.63) is 39.9 Å². The average Bonchev–Trinajstić information content (AvgIpc) is 2.93. The number of nitrogens with one attached hydrogen (secondary N) is 2. The topological polar surface area (TPSA) is 90.5 Å². The van der Waals surface area contributed by atoms with E-state index < -0.39 is 5.69 Å². The molecule has 3 N–H and O–H groups in total. The Labute approximate surface area is 108 Å². The minimum atomic E-state index is -0.454. The molecule has 6 nitrogen and oxygen atoms in total. The van der Waals surface area contributed by atoms with Gasteiger partial charge in [0.15, 0.2) is 0 Å². The highest BCUT2D eigenvalue weighted by molar-refractivity contribution is 6.21. The number of nitrogens with zero attached hydrogens (tertiary/aromatic N) is 1. The Morgan fingerprint density at radius 1 is 1.37 bits per heavy atom. The van der Waals surface area contributed by atoms with Crippen molar-refractivity contribution in [1.82, 2.24) is 9.97 Å². The quantitative estimate of drug-likeness (QED) is 0.764. The molecule has 0 atom stereocenters. The average molecular weight is 257 g/mol. The van der Waals surface area contributed by atoms with Crippen LogP contribution in [0.4, 0.5) is 5.69 Å². The summed E-state index contributed by atoms with van der Waals surface area (Å²) in [6.45, 7) is 0. The monoisotopic (exact) mass is 257 g/mol. The van der Waals surface area contributed by atoms with Crippen LogP contribution in [0.2, 0.25) is 0 Å². The van der Waals surface area contributed by atoms with Crippen LogP contribution in [-0.4, -0.2) is 28.4 Å². The van der Waals surface area contributed by atoms with E-state index in [0.717, 1.165) is 22.6 Å². The summed E-state index contributed by atoms with van der Waals surface area (Å²) in [7, 11) is 1.59. The van der Waals surface area contributed by atoms with Gasteiger partial charge in [-0.05, 0) is 24.3 Å². The zero-order valence-corrected chi connectivity index (χ0v) is 10.1. The van der Waals surface area contributed by atoms with E-state index in [1.54, 1.807) is 19.4 Å². The number of imidazole rings is 1. The van der Waals surface area contributed by atoms with E-state index in [-0.39, 0.29) is 5.88 Å². The molecule has 1 aliphatic heterocycles. The molecule has 1 aromatic carbocycles. The van der Waals surface area contributed by atoms with E-state index >= 15 is 0 Å². The molecular weight excluding hydrogens is 246 g/mol. The molecule has 1 aliphatic rings. The van der Waals surface area contributed by atoms with Crippen molar-refractivity contribution in [2.24, 2.45) is 4.99 Å². The standard InChI is InChI=1S/C13H11N3O3/c1-19-8-2-3-10-9(5-8)7(6-14-10)4-11-12(17)16-13(18)15-11/h2-6,17H,1H3,(H2,15,16,18)/b7-4+. The number of methoxy groups -OCH3 is 1. The van der Waals surface area contributed by atoms with Gasteiger partial charge in [0.2, 0.25) is 5.88 Å². The smallest absolute Gasteiger partial charge is 0.326 e. The lowest BCUT2D eigenvalue weighted by molar-refractivity contribution is 0.415. The molecular formula is C13H11N3O3. The van der Waals surface area contributed by atoms with Crippen molar-refractivity contribution in [3.63, 3.8) is 0 Å². The fraction of sp³-hybridized carbons (Fsp3) is 0.0769. The summed E-state index contributed by atoms with van der Waals surface area (Å²) < 4.78 is 5.17. The molecule has 0 radical (unpaired) electrons. The van der Waals surface area contributed by atoms with Crippen LogP contribution in [0.15, 0.2) is 28.0 Å². The summed E-state index contributed by atoms with van der Waals surface area (Å²) in [5.41, 5.74) is 2.37. The Morgan fingerprint density at radius 2 is 2.21 bits per heavy atom. The third kappa shape index (κ3) is 1.93. The number of aromatic amines is 2. The predicted octanol–water partition coefficient (Wildman–Crippen LogP) is 1.67. The fourth-order valence-electron chi connectivity index (χ4n) is 1.96. The van der Waals surface area contributed by atoms with Gasteiger partial charge < -0.3 is 14.8 Å². The summed E-state index contributed by atoms with van der Waals surface area (Å²) in [5.74, 6) is 0.532. The largest absolute Gasteiger partial charge is 0.497 e. The Balaban J connectivity index is 2.08. The van der Waals surface area contributed by atoms with Gasteiger partial charge in [-0.1, -0.05) is 0 Å². The van der Waals surface area contributed by atoms with Crippen molar-refractivity contribution in [1.29, 1.82) is 0 Å². The van der Waals surface area contributed by atoms with Gasteiger partial charge in [-0.15, -0.1) is 0 Å². The number of hydrogen-bond acceptors (Lipinski definition) is 4. The van der Waals surface area contributed by atoms with Crippen molar-refractivity contribution in [2.75, 3.05) is 7.11 Å². The van der Waals surface area contributed by atoms with Gasteiger partial charge in [0.1, 0.15) is 11.4 Å². The molecule has 3 rings (SSSR count). The molecule has 1 aromatic heterocycles. The zero-order chi connectivity index (χ0) is 13.4. The highest BCUT2D eigenvalue weighted by Gasteiger charge is 2.14. The molecule has 0 aliphatic carbocycles. The minimum absolute atomic E-state index is 0.192. The van der Waals surface area contributed by atoms with E-state index in [2.05, 4.69) is 15.0 Å². The molecule has 19 heavy (non-hydrogen) atoms. The van der Waals surface area contributed by atoms with E-state index in [1.165, 1.54) is 0 Å². The number of aliphatic imine (C=N–C) groups is 1. The third-order valence-corrected chi connectivity index (χ3v) is 2.89. The van der Waals surface area contributed by atoms with Gasteiger partial charge in [0.05, 0.1) is 12.8 Å². The zero-order valence-electron chi connectivity index (χ0n) is 10.1. The highest BCUT2D eigenvalue weighted by atomic mass is 16.5. The lowest BCUT2D eigenvalue weighted by Gasteiger charge is -2.03. The first-order valence-corrected chi connectivity index (χ1v) is 5.63. The maximum atomic E-state index is 11.1. The summed E-state index contributed by atoms with van der Waals surface area (Å²) in [6.07, 6.45) is 3.33. The Kier molecular flexibility index (Phi) is 2.49. The van der Waals surface area contributed by atoms with Crippen molar-refractivity contribution in [3.8, 4) is 11.6 Å². The van der Waals surface area contributed by atoms with Crippen LogP contribution in [0.1, 0.15) is 11.3 Å². The van der Waals surface area contributed by atoms with Crippen LogP contribution < -0.4 is 10.4 Å². The number of ether oxygens (including phenoxy) is 1. The number of H-pyrrole nitrogens is 2. The van der Waals surface area contributed by atoms with Gasteiger partial charge in [0.25, 0.3) is 0 Å². The van der Waals surface area contributed by atoms with Gasteiger partial charge >= 0.3 is 5.69 Å². The van der Waals surface area contributed by atoms with E-state index in [1.807, 2.05) is 18.2 Å². The van der Waals surface area contributed by atoms with E-state index in [4.69, 9.17) is 4.74 Å². The fourth-order valence-corrected chi connectivity index (χ4v) is 1.96. The van der Waals surface area contributed by atoms with Crippen LogP contribution in [-0.2, 0) is 0 Å². The van der Waals surface area contributed by atoms with Crippen LogP contribution in [0, 0.1) is 0 Å². The third-order valence-electron chi connectivity index (χ3n) is 2.89. The van der Waals surface area contributed by atoms with Crippen LogP contribution in [0.3, 0.4) is 0 Å². The lowest BCUT2D eigenvalue weighted by atomic mass is 10.1. The number of fused-ring (bicyclic) bond motifs is 1. The molecule has 96 valence electrons. The van der Waals surface area contributed by atoms with Gasteiger partial charge in [-0.25, -0.2) is 4.79 Å². The first kappa shape index (κ1) is 11.3. The first-order valence-electron chi connectivity index (χ1n) is 5.63. The molecule has 0 saturated carbocycles. The number of rotatable bonds is 2. The number of aromatic hydroxyl groups is 1. The lowest BCUT2D eigenvalue weighted by Crippen LogP contribution is -2.00. The number of hydrogen-bond donors (Lipinski definition) is 3. The molecule has 0 bridgehead atoms. The van der Waals surface area contributed by atoms with Gasteiger partial charge in [0, 0.05) is 17.4 Å². The Morgan fingerprint density at radius 3 is 2.89 bits per heavy atom. The predicted molar refractivity (Wildman–Crippen MR) is 72.1 cm³/mol. The van der Waals surface area contributed by atoms with E-state index in [9.17, 15) is 9.90 Å². The SMILES string of the molecule is COc1ccc2c(c1)/C(=C/c1[nH]c(=O)[nH]c1O)C=N2. The number of allylic oxidation sites excluding steroid dienone is 1.